The molecule has 0 heterocycles. The van der Waals surface area contributed by atoms with E-state index in [0.717, 1.165) is 0 Å². The molecule has 0 fully saturated rings. The topological polar surface area (TPSA) is 0 Å². The third-order valence-corrected chi connectivity index (χ3v) is 24.4. The number of hydrogen-bond acceptors (Lipinski definition) is 0. The normalized spacial score (nSPS) is 18.7. The summed E-state index contributed by atoms with van der Waals surface area (Å²) in [4.78, 5) is 0. The third kappa shape index (κ3) is 2.43. The monoisotopic (exact) mass is 444 g/mol. The average Bonchev–Trinajstić information content (AvgIpc) is 3.16. The summed E-state index contributed by atoms with van der Waals surface area (Å²) in [7, 11) is 0. The van der Waals surface area contributed by atoms with Gasteiger partial charge in [0.1, 0.15) is 0 Å². The number of hydrogen-bond donors (Lipinski definition) is 0. The van der Waals surface area contributed by atoms with E-state index in [9.17, 15) is 0 Å². The molecule has 0 saturated heterocycles. The molecule has 134 valence electrons. The van der Waals surface area contributed by atoms with Crippen molar-refractivity contribution in [1.82, 2.24) is 0 Å². The van der Waals surface area contributed by atoms with Gasteiger partial charge >= 0.3 is 166 Å². The van der Waals surface area contributed by atoms with Crippen LogP contribution in [0.3, 0.4) is 0 Å². The number of fused-ring (bicyclic) bond motifs is 4. The minimum absolute atomic E-state index is 0.580. The van der Waals surface area contributed by atoms with E-state index in [1.54, 1.807) is 22.3 Å². The molecule has 2 aliphatic carbocycles. The molecular formula is C25H26SiZr. The standard InChI is InChI=1S/C13H9.C10H9.2CH3.H2Si.Zr/c1-3-7-12-10(5-1)9-11-6-2-4-8-13(11)12;1-8-6-9-4-2-3-5-10(9)7-8;;;;/h1-9H;2-7H,1H3;2*1H3;1H2;. The Hall–Kier alpha value is -1.50. The van der Waals surface area contributed by atoms with Crippen molar-refractivity contribution in [1.29, 1.82) is 0 Å². The first-order chi connectivity index (χ1) is 12.9. The predicted octanol–water partition coefficient (Wildman–Crippen LogP) is 6.25. The van der Waals surface area contributed by atoms with Gasteiger partial charge in [-0.25, -0.2) is 0 Å². The first kappa shape index (κ1) is 17.6. The Bertz CT molecular complexity index is 1130. The van der Waals surface area contributed by atoms with E-state index >= 15 is 0 Å². The van der Waals surface area contributed by atoms with E-state index in [1.807, 2.05) is 0 Å². The fourth-order valence-electron chi connectivity index (χ4n) is 6.08. The van der Waals surface area contributed by atoms with Gasteiger partial charge in [-0.05, 0) is 0 Å². The molecular weight excluding hydrogens is 420 g/mol. The summed E-state index contributed by atoms with van der Waals surface area (Å²) >= 11 is -3.31. The van der Waals surface area contributed by atoms with E-state index in [2.05, 4.69) is 102 Å². The molecule has 3 aromatic rings. The van der Waals surface area contributed by atoms with Gasteiger partial charge in [0.25, 0.3) is 0 Å². The van der Waals surface area contributed by atoms with Crippen LogP contribution in [-0.2, 0) is 17.4 Å². The van der Waals surface area contributed by atoms with Gasteiger partial charge in [-0.15, -0.1) is 0 Å². The molecule has 0 aromatic heterocycles. The second-order valence-corrected chi connectivity index (χ2v) is 40.0. The van der Waals surface area contributed by atoms with Crippen LogP contribution in [0.4, 0.5) is 0 Å². The third-order valence-electron chi connectivity index (χ3n) is 6.88. The van der Waals surface area contributed by atoms with E-state index < -0.39 is 17.4 Å². The van der Waals surface area contributed by atoms with E-state index in [4.69, 9.17) is 0 Å². The molecule has 3 aromatic carbocycles. The average molecular weight is 446 g/mol. The van der Waals surface area contributed by atoms with Crippen LogP contribution >= 0.6 is 0 Å². The maximum absolute atomic E-state index is 3.31. The van der Waals surface area contributed by atoms with E-state index in [1.165, 1.54) is 16.7 Å². The van der Waals surface area contributed by atoms with Crippen LogP contribution < -0.4 is 0 Å². The summed E-state index contributed by atoms with van der Waals surface area (Å²) in [6, 6.07) is 27.4. The van der Waals surface area contributed by atoms with Gasteiger partial charge in [0, 0.05) is 0 Å². The van der Waals surface area contributed by atoms with Crippen molar-refractivity contribution < 1.29 is 17.4 Å². The Kier molecular flexibility index (Phi) is 3.75. The quantitative estimate of drug-likeness (QED) is 0.409. The van der Waals surface area contributed by atoms with Crippen molar-refractivity contribution in [2.75, 3.05) is 0 Å². The summed E-state index contributed by atoms with van der Waals surface area (Å²) in [6.45, 7) is 4.78. The summed E-state index contributed by atoms with van der Waals surface area (Å²) in [5.41, 5.74) is 10.6. The van der Waals surface area contributed by atoms with Crippen molar-refractivity contribution in [3.8, 4) is 11.1 Å². The van der Waals surface area contributed by atoms with Crippen molar-refractivity contribution >= 4 is 13.0 Å². The van der Waals surface area contributed by atoms with Gasteiger partial charge in [-0.2, -0.15) is 0 Å². The van der Waals surface area contributed by atoms with Crippen LogP contribution in [0.15, 0.2) is 78.4 Å². The molecule has 0 radical (unpaired) electrons. The van der Waals surface area contributed by atoms with Gasteiger partial charge in [0.2, 0.25) is 0 Å². The fraction of sp³-hybridized carbons (Fsp3) is 0.200. The van der Waals surface area contributed by atoms with Crippen LogP contribution in [0.5, 0.6) is 0 Å². The Labute approximate surface area is 164 Å². The molecule has 0 spiro atoms. The van der Waals surface area contributed by atoms with Gasteiger partial charge in [-0.3, -0.25) is 0 Å². The number of allylic oxidation sites excluding steroid dienone is 1. The minimum atomic E-state index is -3.31. The molecule has 1 unspecified atom stereocenters. The van der Waals surface area contributed by atoms with Crippen LogP contribution in [0, 0.1) is 0 Å². The van der Waals surface area contributed by atoms with Gasteiger partial charge in [0.05, 0.1) is 0 Å². The summed E-state index contributed by atoms with van der Waals surface area (Å²) in [5, 5.41) is 0. The molecule has 0 amide bonds. The zero-order valence-electron chi connectivity index (χ0n) is 16.4. The maximum atomic E-state index is 2.70. The fourth-order valence-corrected chi connectivity index (χ4v) is 26.0. The molecule has 5 rings (SSSR count). The summed E-state index contributed by atoms with van der Waals surface area (Å²) < 4.78 is 6.60. The van der Waals surface area contributed by atoms with Crippen molar-refractivity contribution in [2.45, 2.75) is 23.4 Å². The molecule has 0 nitrogen and oxygen atoms in total. The van der Waals surface area contributed by atoms with Gasteiger partial charge in [-0.1, -0.05) is 0 Å². The number of benzene rings is 3. The van der Waals surface area contributed by atoms with Crippen LogP contribution in [0.25, 0.3) is 17.2 Å². The SMILES string of the molecule is CC1=Cc2ccccc2[CH]1[Zr]([CH3])([CH3])(=[SiH2])[CH]1c2ccccc2-c2ccccc21. The Balaban J connectivity index is 1.79. The van der Waals surface area contributed by atoms with Crippen LogP contribution in [-0.4, -0.2) is 6.88 Å². The molecule has 0 bridgehead atoms. The first-order valence-corrected chi connectivity index (χ1v) is 23.6. The van der Waals surface area contributed by atoms with Crippen molar-refractivity contribution in [3.05, 3.63) is 101 Å². The summed E-state index contributed by atoms with van der Waals surface area (Å²) in [5.74, 6) is 0. The Morgan fingerprint density at radius 1 is 0.667 bits per heavy atom. The number of rotatable bonds is 2. The Morgan fingerprint density at radius 3 is 1.74 bits per heavy atom. The van der Waals surface area contributed by atoms with Crippen LogP contribution in [0.2, 0.25) is 9.26 Å². The Morgan fingerprint density at radius 2 is 1.15 bits per heavy atom. The predicted molar refractivity (Wildman–Crippen MR) is 117 cm³/mol. The molecule has 1 atom stereocenters. The van der Waals surface area contributed by atoms with Crippen molar-refractivity contribution in [2.24, 2.45) is 0 Å². The molecule has 27 heavy (non-hydrogen) atoms. The van der Waals surface area contributed by atoms with Gasteiger partial charge in [0.15, 0.2) is 0 Å². The molecule has 0 saturated carbocycles. The van der Waals surface area contributed by atoms with E-state index in [0.29, 0.717) is 7.25 Å². The summed E-state index contributed by atoms with van der Waals surface area (Å²) in [6.07, 6.45) is 2.45. The zero-order valence-corrected chi connectivity index (χ0v) is 20.2. The second kappa shape index (κ2) is 5.75. The second-order valence-electron chi connectivity index (χ2n) is 9.49. The molecule has 0 N–H and O–H groups in total. The van der Waals surface area contributed by atoms with E-state index in [-0.39, 0.29) is 0 Å². The van der Waals surface area contributed by atoms with Gasteiger partial charge < -0.3 is 0 Å². The zero-order chi connectivity index (χ0) is 18.8. The molecule has 2 aliphatic rings. The molecule has 2 heteroatoms. The van der Waals surface area contributed by atoms with Crippen LogP contribution in [0.1, 0.15) is 36.4 Å². The van der Waals surface area contributed by atoms with Crippen molar-refractivity contribution in [3.63, 3.8) is 0 Å². The first-order valence-electron chi connectivity index (χ1n) is 9.90. The molecule has 0 aliphatic heterocycles.